The zero-order valence-corrected chi connectivity index (χ0v) is 10.6. The number of thiophene rings is 1. The van der Waals surface area contributed by atoms with E-state index in [1.807, 2.05) is 25.3 Å². The Balaban J connectivity index is 0.00000196. The molecule has 0 unspecified atom stereocenters. The average molecular weight is 249 g/mol. The normalized spacial score (nSPS) is 11.7. The highest BCUT2D eigenvalue weighted by Gasteiger charge is 2.13. The first kappa shape index (κ1) is 14.4. The fraction of sp³-hybridized carbons (Fsp3) is 0.500. The van der Waals surface area contributed by atoms with Crippen molar-refractivity contribution in [2.24, 2.45) is 5.73 Å². The van der Waals surface area contributed by atoms with Crippen molar-refractivity contribution < 1.29 is 4.79 Å². The lowest BCUT2D eigenvalue weighted by atomic mass is 10.2. The predicted molar refractivity (Wildman–Crippen MR) is 66.9 cm³/mol. The van der Waals surface area contributed by atoms with Gasteiger partial charge in [-0.05, 0) is 30.4 Å². The van der Waals surface area contributed by atoms with Crippen LogP contribution in [0.3, 0.4) is 0 Å². The summed E-state index contributed by atoms with van der Waals surface area (Å²) in [6.45, 7) is 4.42. The number of carbonyl (C=O) groups is 1. The second kappa shape index (κ2) is 6.82. The molecule has 0 bridgehead atoms. The number of hydrogen-bond donors (Lipinski definition) is 2. The molecule has 0 saturated carbocycles. The summed E-state index contributed by atoms with van der Waals surface area (Å²) in [7, 11) is 0. The third kappa shape index (κ3) is 3.81. The van der Waals surface area contributed by atoms with Gasteiger partial charge >= 0.3 is 0 Å². The van der Waals surface area contributed by atoms with Crippen molar-refractivity contribution >= 4 is 29.7 Å². The van der Waals surface area contributed by atoms with Gasteiger partial charge in [0.15, 0.2) is 0 Å². The quantitative estimate of drug-likeness (QED) is 0.854. The molecule has 5 heteroatoms. The maximum absolute atomic E-state index is 11.7. The Morgan fingerprint density at radius 2 is 2.33 bits per heavy atom. The van der Waals surface area contributed by atoms with Gasteiger partial charge in [-0.15, -0.1) is 23.7 Å². The summed E-state index contributed by atoms with van der Waals surface area (Å²) >= 11 is 1.48. The Bertz CT molecular complexity index is 314. The highest BCUT2D eigenvalue weighted by molar-refractivity contribution is 7.12. The molecule has 1 amide bonds. The van der Waals surface area contributed by atoms with E-state index in [9.17, 15) is 4.79 Å². The molecule has 0 aliphatic carbocycles. The Morgan fingerprint density at radius 1 is 1.67 bits per heavy atom. The van der Waals surface area contributed by atoms with Crippen LogP contribution in [-0.4, -0.2) is 18.5 Å². The van der Waals surface area contributed by atoms with Gasteiger partial charge in [-0.25, -0.2) is 0 Å². The Kier molecular flexibility index (Phi) is 6.56. The van der Waals surface area contributed by atoms with Crippen LogP contribution in [0.25, 0.3) is 0 Å². The maximum Gasteiger partial charge on any atom is 0.261 e. The van der Waals surface area contributed by atoms with Crippen LogP contribution < -0.4 is 11.1 Å². The Morgan fingerprint density at radius 3 is 2.87 bits per heavy atom. The van der Waals surface area contributed by atoms with Gasteiger partial charge < -0.3 is 11.1 Å². The summed E-state index contributed by atoms with van der Waals surface area (Å²) in [5.41, 5.74) is 6.54. The molecule has 15 heavy (non-hydrogen) atoms. The molecule has 0 aromatic carbocycles. The second-order valence-corrected chi connectivity index (χ2v) is 4.15. The summed E-state index contributed by atoms with van der Waals surface area (Å²) in [6.07, 6.45) is 0.892. The third-order valence-electron chi connectivity index (χ3n) is 2.06. The second-order valence-electron chi connectivity index (χ2n) is 3.24. The molecule has 3 N–H and O–H groups in total. The third-order valence-corrected chi connectivity index (χ3v) is 3.02. The summed E-state index contributed by atoms with van der Waals surface area (Å²) in [6, 6.07) is 2.03. The highest BCUT2D eigenvalue weighted by atomic mass is 35.5. The van der Waals surface area contributed by atoms with E-state index in [2.05, 4.69) is 5.32 Å². The van der Waals surface area contributed by atoms with Crippen LogP contribution in [0.15, 0.2) is 11.4 Å². The standard InChI is InChI=1S/C10H16N2OS.ClH/c1-3-8-4-5-14-9(8)10(13)12-7(2)6-11;/h4-5,7H,3,6,11H2,1-2H3,(H,12,13);1H/t7-;/m0./s1. The van der Waals surface area contributed by atoms with Gasteiger partial charge in [0.05, 0.1) is 4.88 Å². The fourth-order valence-corrected chi connectivity index (χ4v) is 2.06. The van der Waals surface area contributed by atoms with E-state index in [0.29, 0.717) is 6.54 Å². The number of nitrogens with two attached hydrogens (primary N) is 1. The van der Waals surface area contributed by atoms with Gasteiger partial charge in [-0.2, -0.15) is 0 Å². The predicted octanol–water partition coefficient (Wildman–Crippen LogP) is 1.81. The van der Waals surface area contributed by atoms with Gasteiger partial charge in [0.25, 0.3) is 5.91 Å². The lowest BCUT2D eigenvalue weighted by Crippen LogP contribution is -2.37. The smallest absolute Gasteiger partial charge is 0.261 e. The first-order chi connectivity index (χ1) is 6.69. The number of halogens is 1. The van der Waals surface area contributed by atoms with Crippen molar-refractivity contribution in [3.8, 4) is 0 Å². The Labute approximate surface area is 100 Å². The molecule has 0 aliphatic rings. The topological polar surface area (TPSA) is 55.1 Å². The number of nitrogens with one attached hydrogen (secondary N) is 1. The molecule has 1 rings (SSSR count). The Hall–Kier alpha value is -0.580. The van der Waals surface area contributed by atoms with Crippen LogP contribution in [0.2, 0.25) is 0 Å². The molecule has 0 radical (unpaired) electrons. The SMILES string of the molecule is CCc1ccsc1C(=O)N[C@@H](C)CN.Cl. The van der Waals surface area contributed by atoms with Crippen molar-refractivity contribution in [2.75, 3.05) is 6.54 Å². The van der Waals surface area contributed by atoms with E-state index in [4.69, 9.17) is 5.73 Å². The van der Waals surface area contributed by atoms with Crippen molar-refractivity contribution in [3.05, 3.63) is 21.9 Å². The van der Waals surface area contributed by atoms with Crippen LogP contribution in [0.4, 0.5) is 0 Å². The number of aryl methyl sites for hydroxylation is 1. The first-order valence-electron chi connectivity index (χ1n) is 4.76. The molecule has 0 saturated heterocycles. The number of rotatable bonds is 4. The molecule has 1 aromatic rings. The van der Waals surface area contributed by atoms with Crippen LogP contribution in [-0.2, 0) is 6.42 Å². The molecule has 0 spiro atoms. The lowest BCUT2D eigenvalue weighted by Gasteiger charge is -2.10. The molecular weight excluding hydrogens is 232 g/mol. The lowest BCUT2D eigenvalue weighted by molar-refractivity contribution is 0.0944. The molecule has 86 valence electrons. The van der Waals surface area contributed by atoms with Crippen molar-refractivity contribution in [3.63, 3.8) is 0 Å². The van der Waals surface area contributed by atoms with Crippen molar-refractivity contribution in [1.29, 1.82) is 0 Å². The van der Waals surface area contributed by atoms with E-state index in [1.165, 1.54) is 11.3 Å². The van der Waals surface area contributed by atoms with E-state index < -0.39 is 0 Å². The largest absolute Gasteiger partial charge is 0.348 e. The molecule has 1 atom stereocenters. The van der Waals surface area contributed by atoms with E-state index in [1.54, 1.807) is 0 Å². The summed E-state index contributed by atoms with van der Waals surface area (Å²) < 4.78 is 0. The summed E-state index contributed by atoms with van der Waals surface area (Å²) in [5.74, 6) is -0.00481. The van der Waals surface area contributed by atoms with Gasteiger partial charge in [-0.1, -0.05) is 6.92 Å². The van der Waals surface area contributed by atoms with Crippen LogP contribution in [0.5, 0.6) is 0 Å². The molecule has 1 heterocycles. The summed E-state index contributed by atoms with van der Waals surface area (Å²) in [4.78, 5) is 12.5. The average Bonchev–Trinajstić information content (AvgIpc) is 2.65. The van der Waals surface area contributed by atoms with Crippen LogP contribution >= 0.6 is 23.7 Å². The van der Waals surface area contributed by atoms with E-state index >= 15 is 0 Å². The minimum Gasteiger partial charge on any atom is -0.348 e. The monoisotopic (exact) mass is 248 g/mol. The van der Waals surface area contributed by atoms with Gasteiger partial charge in [0.2, 0.25) is 0 Å². The molecule has 1 aromatic heterocycles. The van der Waals surface area contributed by atoms with Gasteiger partial charge in [0.1, 0.15) is 0 Å². The zero-order chi connectivity index (χ0) is 10.6. The van der Waals surface area contributed by atoms with Gasteiger partial charge in [-0.3, -0.25) is 4.79 Å². The van der Waals surface area contributed by atoms with Crippen molar-refractivity contribution in [1.82, 2.24) is 5.32 Å². The maximum atomic E-state index is 11.7. The number of amides is 1. The number of hydrogen-bond acceptors (Lipinski definition) is 3. The molecule has 3 nitrogen and oxygen atoms in total. The molecule has 0 fully saturated rings. The van der Waals surface area contributed by atoms with Gasteiger partial charge in [0, 0.05) is 12.6 Å². The van der Waals surface area contributed by atoms with Crippen molar-refractivity contribution in [2.45, 2.75) is 26.3 Å². The fourth-order valence-electron chi connectivity index (χ4n) is 1.16. The molecular formula is C10H17ClN2OS. The molecule has 0 aliphatic heterocycles. The highest BCUT2D eigenvalue weighted by Crippen LogP contribution is 2.17. The van der Waals surface area contributed by atoms with E-state index in [0.717, 1.165) is 16.9 Å². The zero-order valence-electron chi connectivity index (χ0n) is 8.95. The number of carbonyl (C=O) groups excluding carboxylic acids is 1. The minimum absolute atomic E-state index is 0. The van der Waals surface area contributed by atoms with Crippen LogP contribution in [0.1, 0.15) is 29.1 Å². The van der Waals surface area contributed by atoms with E-state index in [-0.39, 0.29) is 24.4 Å². The van der Waals surface area contributed by atoms with Crippen LogP contribution in [0, 0.1) is 0 Å². The summed E-state index contributed by atoms with van der Waals surface area (Å²) in [5, 5.41) is 4.80. The minimum atomic E-state index is -0.00481. The first-order valence-corrected chi connectivity index (χ1v) is 5.64.